The summed E-state index contributed by atoms with van der Waals surface area (Å²) in [6.07, 6.45) is 3.58. The lowest BCUT2D eigenvalue weighted by Gasteiger charge is -2.31. The van der Waals surface area contributed by atoms with Gasteiger partial charge in [0.2, 0.25) is 10.0 Å². The molecule has 162 valence electrons. The molecule has 1 heterocycles. The molecule has 30 heavy (non-hydrogen) atoms. The number of rotatable bonds is 8. The molecule has 2 aromatic carbocycles. The van der Waals surface area contributed by atoms with Crippen molar-refractivity contribution in [2.45, 2.75) is 37.5 Å². The number of ketones is 1. The van der Waals surface area contributed by atoms with Gasteiger partial charge < -0.3 is 9.47 Å². The van der Waals surface area contributed by atoms with Crippen LogP contribution in [-0.2, 0) is 16.4 Å². The Hall–Kier alpha value is -2.38. The minimum atomic E-state index is -3.52. The number of hydrogen-bond donors (Lipinski definition) is 0. The van der Waals surface area contributed by atoms with Gasteiger partial charge in [0.15, 0.2) is 5.78 Å². The van der Waals surface area contributed by atoms with Crippen molar-refractivity contribution in [1.82, 2.24) is 4.31 Å². The molecule has 0 unspecified atom stereocenters. The second-order valence-electron chi connectivity index (χ2n) is 7.69. The third-order valence-electron chi connectivity index (χ3n) is 5.72. The minimum absolute atomic E-state index is 0.0755. The Bertz CT molecular complexity index is 955. The van der Waals surface area contributed by atoms with Gasteiger partial charge in [0, 0.05) is 24.7 Å². The third-order valence-corrected chi connectivity index (χ3v) is 7.64. The van der Waals surface area contributed by atoms with Crippen LogP contribution in [0.25, 0.3) is 0 Å². The first-order chi connectivity index (χ1) is 14.3. The average molecular weight is 432 g/mol. The SMILES string of the molecule is COc1cc(CCC2CCN(S(=O)(=O)c3ccc(C(C)=O)cc3)CC2)cc(OC)c1. The highest BCUT2D eigenvalue weighted by molar-refractivity contribution is 7.89. The van der Waals surface area contributed by atoms with Crippen molar-refractivity contribution in [2.24, 2.45) is 5.92 Å². The molecule has 0 saturated carbocycles. The van der Waals surface area contributed by atoms with E-state index in [1.165, 1.54) is 19.1 Å². The molecule has 1 aliphatic heterocycles. The van der Waals surface area contributed by atoms with E-state index in [4.69, 9.17) is 9.47 Å². The third kappa shape index (κ3) is 5.21. The summed E-state index contributed by atoms with van der Waals surface area (Å²) in [5, 5.41) is 0. The molecule has 0 aromatic heterocycles. The van der Waals surface area contributed by atoms with Crippen LogP contribution in [0.15, 0.2) is 47.4 Å². The van der Waals surface area contributed by atoms with E-state index in [1.807, 2.05) is 18.2 Å². The van der Waals surface area contributed by atoms with Gasteiger partial charge in [-0.2, -0.15) is 4.31 Å². The molecule has 1 saturated heterocycles. The van der Waals surface area contributed by atoms with Crippen LogP contribution >= 0.6 is 0 Å². The molecule has 0 atom stereocenters. The Balaban J connectivity index is 1.57. The molecule has 6 nitrogen and oxygen atoms in total. The van der Waals surface area contributed by atoms with Crippen LogP contribution in [0.3, 0.4) is 0 Å². The van der Waals surface area contributed by atoms with E-state index in [0.29, 0.717) is 24.6 Å². The smallest absolute Gasteiger partial charge is 0.243 e. The van der Waals surface area contributed by atoms with Gasteiger partial charge >= 0.3 is 0 Å². The van der Waals surface area contributed by atoms with Gasteiger partial charge in [-0.05, 0) is 68.4 Å². The molecule has 1 aliphatic rings. The van der Waals surface area contributed by atoms with E-state index in [0.717, 1.165) is 42.7 Å². The first kappa shape index (κ1) is 22.3. The van der Waals surface area contributed by atoms with Gasteiger partial charge in [0.1, 0.15) is 11.5 Å². The van der Waals surface area contributed by atoms with Gasteiger partial charge in [0.05, 0.1) is 19.1 Å². The zero-order valence-electron chi connectivity index (χ0n) is 17.8. The van der Waals surface area contributed by atoms with Crippen LogP contribution in [0.1, 0.15) is 42.1 Å². The molecule has 7 heteroatoms. The Morgan fingerprint density at radius 1 is 1.00 bits per heavy atom. The Labute approximate surface area is 178 Å². The van der Waals surface area contributed by atoms with E-state index in [1.54, 1.807) is 30.7 Å². The predicted octanol–water partition coefficient (Wildman–Crippen LogP) is 3.94. The number of benzene rings is 2. The van der Waals surface area contributed by atoms with Crippen LogP contribution in [0, 0.1) is 5.92 Å². The molecular formula is C23H29NO5S. The molecule has 3 rings (SSSR count). The number of ether oxygens (including phenoxy) is 2. The number of hydrogen-bond acceptors (Lipinski definition) is 5. The topological polar surface area (TPSA) is 72.9 Å². The van der Waals surface area contributed by atoms with Crippen molar-refractivity contribution in [1.29, 1.82) is 0 Å². The summed E-state index contributed by atoms with van der Waals surface area (Å²) in [6, 6.07) is 12.1. The fourth-order valence-corrected chi connectivity index (χ4v) is 5.30. The highest BCUT2D eigenvalue weighted by Gasteiger charge is 2.29. The summed E-state index contributed by atoms with van der Waals surface area (Å²) in [4.78, 5) is 11.7. The maximum absolute atomic E-state index is 12.9. The second-order valence-corrected chi connectivity index (χ2v) is 9.63. The molecular weight excluding hydrogens is 402 g/mol. The lowest BCUT2D eigenvalue weighted by atomic mass is 9.91. The number of carbonyl (C=O) groups is 1. The summed E-state index contributed by atoms with van der Waals surface area (Å²) < 4.78 is 38.0. The highest BCUT2D eigenvalue weighted by Crippen LogP contribution is 2.29. The number of Topliss-reactive ketones (excluding diaryl/α,β-unsaturated/α-hetero) is 1. The van der Waals surface area contributed by atoms with Gasteiger partial charge in [-0.25, -0.2) is 8.42 Å². The fraction of sp³-hybridized carbons (Fsp3) is 0.435. The summed E-state index contributed by atoms with van der Waals surface area (Å²) in [7, 11) is -0.242. The van der Waals surface area contributed by atoms with Gasteiger partial charge in [-0.15, -0.1) is 0 Å². The Morgan fingerprint density at radius 3 is 2.07 bits per heavy atom. The standard InChI is InChI=1S/C23H29NO5S/c1-17(25)20-6-8-23(9-7-20)30(26,27)24-12-10-18(11-13-24)4-5-19-14-21(28-2)16-22(15-19)29-3/h6-9,14-16,18H,4-5,10-13H2,1-3H3. The number of sulfonamides is 1. The minimum Gasteiger partial charge on any atom is -0.497 e. The van der Waals surface area contributed by atoms with Crippen LogP contribution in [-0.4, -0.2) is 45.8 Å². The molecule has 0 bridgehead atoms. The number of methoxy groups -OCH3 is 2. The van der Waals surface area contributed by atoms with Crippen LogP contribution in [0.5, 0.6) is 11.5 Å². The fourth-order valence-electron chi connectivity index (χ4n) is 3.83. The molecule has 0 spiro atoms. The quantitative estimate of drug-likeness (QED) is 0.592. The predicted molar refractivity (Wildman–Crippen MR) is 116 cm³/mol. The first-order valence-electron chi connectivity index (χ1n) is 10.2. The molecule has 1 fully saturated rings. The number of piperidine rings is 1. The number of carbonyl (C=O) groups excluding carboxylic acids is 1. The Kier molecular flexibility index (Phi) is 7.15. The highest BCUT2D eigenvalue weighted by atomic mass is 32.2. The lowest BCUT2D eigenvalue weighted by molar-refractivity contribution is 0.101. The van der Waals surface area contributed by atoms with Crippen LogP contribution in [0.2, 0.25) is 0 Å². The van der Waals surface area contributed by atoms with Gasteiger partial charge in [-0.3, -0.25) is 4.79 Å². The molecule has 2 aromatic rings. The molecule has 0 aliphatic carbocycles. The van der Waals surface area contributed by atoms with E-state index >= 15 is 0 Å². The molecule has 0 N–H and O–H groups in total. The van der Waals surface area contributed by atoms with Crippen molar-refractivity contribution in [3.05, 3.63) is 53.6 Å². The van der Waals surface area contributed by atoms with Gasteiger partial charge in [-0.1, -0.05) is 12.1 Å². The average Bonchev–Trinajstić information content (AvgIpc) is 2.77. The Morgan fingerprint density at radius 2 is 1.57 bits per heavy atom. The van der Waals surface area contributed by atoms with Crippen LogP contribution < -0.4 is 9.47 Å². The van der Waals surface area contributed by atoms with Crippen molar-refractivity contribution in [2.75, 3.05) is 27.3 Å². The summed E-state index contributed by atoms with van der Waals surface area (Å²) in [6.45, 7) is 2.50. The van der Waals surface area contributed by atoms with Gasteiger partial charge in [0.25, 0.3) is 0 Å². The molecule has 0 amide bonds. The van der Waals surface area contributed by atoms with E-state index < -0.39 is 10.0 Å². The van der Waals surface area contributed by atoms with E-state index in [-0.39, 0.29) is 10.7 Å². The van der Waals surface area contributed by atoms with Crippen molar-refractivity contribution >= 4 is 15.8 Å². The number of nitrogens with zero attached hydrogens (tertiary/aromatic N) is 1. The lowest BCUT2D eigenvalue weighted by Crippen LogP contribution is -2.38. The number of aryl methyl sites for hydroxylation is 1. The summed E-state index contributed by atoms with van der Waals surface area (Å²) >= 11 is 0. The largest absolute Gasteiger partial charge is 0.497 e. The zero-order valence-corrected chi connectivity index (χ0v) is 18.6. The summed E-state index contributed by atoms with van der Waals surface area (Å²) in [5.41, 5.74) is 1.67. The maximum Gasteiger partial charge on any atom is 0.243 e. The maximum atomic E-state index is 12.9. The van der Waals surface area contributed by atoms with E-state index in [9.17, 15) is 13.2 Å². The molecule has 0 radical (unpaired) electrons. The monoisotopic (exact) mass is 431 g/mol. The normalized spacial score (nSPS) is 15.7. The van der Waals surface area contributed by atoms with Crippen molar-refractivity contribution < 1.29 is 22.7 Å². The summed E-state index contributed by atoms with van der Waals surface area (Å²) in [5.74, 6) is 1.96. The second kappa shape index (κ2) is 9.62. The van der Waals surface area contributed by atoms with Crippen molar-refractivity contribution in [3.8, 4) is 11.5 Å². The first-order valence-corrected chi connectivity index (χ1v) is 11.6. The van der Waals surface area contributed by atoms with Crippen LogP contribution in [0.4, 0.5) is 0 Å². The van der Waals surface area contributed by atoms with E-state index in [2.05, 4.69) is 0 Å². The zero-order chi connectivity index (χ0) is 21.7. The van der Waals surface area contributed by atoms with Crippen molar-refractivity contribution in [3.63, 3.8) is 0 Å².